The number of benzene rings is 1. The fraction of sp³-hybridized carbons (Fsp3) is 0. The molecular formula is C9H10N4O4S2. The van der Waals surface area contributed by atoms with Crippen LogP contribution in [0.15, 0.2) is 46.5 Å². The van der Waals surface area contributed by atoms with Gasteiger partial charge >= 0.3 is 0 Å². The monoisotopic (exact) mass is 302 g/mol. The molecule has 0 aliphatic carbocycles. The van der Waals surface area contributed by atoms with E-state index >= 15 is 0 Å². The van der Waals surface area contributed by atoms with Crippen molar-refractivity contribution in [3.8, 4) is 0 Å². The Kier molecular flexibility index (Phi) is 3.30. The second kappa shape index (κ2) is 4.64. The minimum atomic E-state index is -3.89. The van der Waals surface area contributed by atoms with Gasteiger partial charge in [0.25, 0.3) is 10.0 Å². The highest BCUT2D eigenvalue weighted by atomic mass is 32.2. The van der Waals surface area contributed by atoms with E-state index in [0.29, 0.717) is 0 Å². The Morgan fingerprint density at radius 2 is 1.89 bits per heavy atom. The van der Waals surface area contributed by atoms with E-state index < -0.39 is 20.0 Å². The quantitative estimate of drug-likeness (QED) is 0.722. The Bertz CT molecular complexity index is 781. The fourth-order valence-corrected chi connectivity index (χ4v) is 2.86. The number of anilines is 1. The Morgan fingerprint density at radius 1 is 1.16 bits per heavy atom. The Morgan fingerprint density at radius 3 is 2.47 bits per heavy atom. The molecule has 19 heavy (non-hydrogen) atoms. The predicted octanol–water partition coefficient (Wildman–Crippen LogP) is -0.142. The van der Waals surface area contributed by atoms with Gasteiger partial charge in [0.15, 0.2) is 5.03 Å². The maximum atomic E-state index is 11.9. The van der Waals surface area contributed by atoms with E-state index in [9.17, 15) is 16.8 Å². The van der Waals surface area contributed by atoms with Crippen molar-refractivity contribution in [2.45, 2.75) is 9.92 Å². The zero-order valence-corrected chi connectivity index (χ0v) is 11.1. The molecule has 0 amide bonds. The van der Waals surface area contributed by atoms with Crippen molar-refractivity contribution in [3.05, 3.63) is 36.5 Å². The molecule has 1 aromatic heterocycles. The first kappa shape index (κ1) is 13.5. The van der Waals surface area contributed by atoms with Crippen LogP contribution in [0, 0.1) is 0 Å². The van der Waals surface area contributed by atoms with Gasteiger partial charge in [-0.05, 0) is 24.3 Å². The number of sulfonamides is 2. The summed E-state index contributed by atoms with van der Waals surface area (Å²) in [4.78, 5) is -0.183. The van der Waals surface area contributed by atoms with Gasteiger partial charge in [-0.1, -0.05) is 6.07 Å². The highest BCUT2D eigenvalue weighted by Crippen LogP contribution is 2.17. The van der Waals surface area contributed by atoms with E-state index in [1.165, 1.54) is 30.5 Å². The van der Waals surface area contributed by atoms with Gasteiger partial charge in [0, 0.05) is 0 Å². The first-order valence-corrected chi connectivity index (χ1v) is 7.97. The van der Waals surface area contributed by atoms with Gasteiger partial charge in [0.05, 0.1) is 16.8 Å². The van der Waals surface area contributed by atoms with Crippen LogP contribution in [0.5, 0.6) is 0 Å². The van der Waals surface area contributed by atoms with Crippen molar-refractivity contribution in [2.75, 3.05) is 4.72 Å². The largest absolute Gasteiger partial charge is 0.278 e. The average Bonchev–Trinajstić information content (AvgIpc) is 2.81. The maximum Gasteiger partial charge on any atom is 0.278 e. The van der Waals surface area contributed by atoms with Crippen LogP contribution < -0.4 is 9.86 Å². The molecule has 4 N–H and O–H groups in total. The van der Waals surface area contributed by atoms with Crippen molar-refractivity contribution >= 4 is 25.7 Å². The van der Waals surface area contributed by atoms with Crippen LogP contribution in [-0.2, 0) is 20.0 Å². The number of nitrogens with two attached hydrogens (primary N) is 1. The molecule has 1 aromatic carbocycles. The molecule has 2 aromatic rings. The molecule has 0 bridgehead atoms. The van der Waals surface area contributed by atoms with Gasteiger partial charge < -0.3 is 0 Å². The van der Waals surface area contributed by atoms with E-state index in [1.54, 1.807) is 0 Å². The molecule has 1 heterocycles. The third kappa shape index (κ3) is 3.10. The molecule has 8 nitrogen and oxygen atoms in total. The van der Waals surface area contributed by atoms with Crippen molar-refractivity contribution < 1.29 is 16.8 Å². The smallest absolute Gasteiger partial charge is 0.278 e. The van der Waals surface area contributed by atoms with Crippen molar-refractivity contribution in [3.63, 3.8) is 0 Å². The number of primary sulfonamides is 1. The summed E-state index contributed by atoms with van der Waals surface area (Å²) in [5.74, 6) is 0. The minimum Gasteiger partial charge on any atom is -0.278 e. The van der Waals surface area contributed by atoms with Gasteiger partial charge in [-0.25, -0.2) is 13.6 Å². The van der Waals surface area contributed by atoms with Crippen LogP contribution in [0.1, 0.15) is 0 Å². The standard InChI is InChI=1S/C9H10N4O4S2/c10-18(14,15)8-3-1-2-7(6-8)13-19(16,17)9-4-5-11-12-9/h1-6,13H,(H,11,12)(H2,10,14,15). The summed E-state index contributed by atoms with van der Waals surface area (Å²) in [6, 6.07) is 6.45. The maximum absolute atomic E-state index is 11.9. The van der Waals surface area contributed by atoms with E-state index in [0.717, 1.165) is 6.07 Å². The third-order valence-corrected chi connectivity index (χ3v) is 4.40. The summed E-state index contributed by atoms with van der Waals surface area (Å²) < 4.78 is 48.3. The van der Waals surface area contributed by atoms with Crippen LogP contribution in [0.2, 0.25) is 0 Å². The third-order valence-electron chi connectivity index (χ3n) is 2.18. The summed E-state index contributed by atoms with van der Waals surface area (Å²) in [5.41, 5.74) is 0.0844. The lowest BCUT2D eigenvalue weighted by molar-refractivity contribution is 0.595. The number of rotatable bonds is 4. The lowest BCUT2D eigenvalue weighted by Gasteiger charge is -2.07. The first-order chi connectivity index (χ1) is 8.79. The zero-order valence-electron chi connectivity index (χ0n) is 9.44. The van der Waals surface area contributed by atoms with Crippen LogP contribution in [0.4, 0.5) is 5.69 Å². The van der Waals surface area contributed by atoms with Crippen molar-refractivity contribution in [2.24, 2.45) is 5.14 Å². The van der Waals surface area contributed by atoms with Crippen LogP contribution in [0.3, 0.4) is 0 Å². The van der Waals surface area contributed by atoms with E-state index in [-0.39, 0.29) is 15.6 Å². The number of hydrogen-bond donors (Lipinski definition) is 3. The molecule has 0 saturated heterocycles. The molecule has 0 aliphatic heterocycles. The van der Waals surface area contributed by atoms with E-state index in [4.69, 9.17) is 5.14 Å². The van der Waals surface area contributed by atoms with Gasteiger partial charge in [0.2, 0.25) is 10.0 Å². The van der Waals surface area contributed by atoms with Gasteiger partial charge in [-0.2, -0.15) is 13.5 Å². The molecule has 0 fully saturated rings. The fourth-order valence-electron chi connectivity index (χ4n) is 1.34. The lowest BCUT2D eigenvalue weighted by atomic mass is 10.3. The average molecular weight is 302 g/mol. The minimum absolute atomic E-state index is 0.0844. The second-order valence-corrected chi connectivity index (χ2v) is 6.81. The summed E-state index contributed by atoms with van der Waals surface area (Å²) in [6.45, 7) is 0. The zero-order chi connectivity index (χ0) is 14.1. The van der Waals surface area contributed by atoms with Crippen LogP contribution in [0.25, 0.3) is 0 Å². The summed E-state index contributed by atoms with van der Waals surface area (Å²) in [6.07, 6.45) is 1.29. The summed E-state index contributed by atoms with van der Waals surface area (Å²) in [5, 5.41) is 10.7. The molecular weight excluding hydrogens is 292 g/mol. The van der Waals surface area contributed by atoms with Gasteiger partial charge in [-0.3, -0.25) is 9.82 Å². The van der Waals surface area contributed by atoms with Crippen molar-refractivity contribution in [1.29, 1.82) is 0 Å². The van der Waals surface area contributed by atoms with E-state index in [2.05, 4.69) is 14.9 Å². The number of nitrogens with one attached hydrogen (secondary N) is 2. The number of hydrogen-bond acceptors (Lipinski definition) is 5. The second-order valence-electron chi connectivity index (χ2n) is 3.60. The number of aromatic amines is 1. The molecule has 0 unspecified atom stereocenters. The molecule has 0 aliphatic rings. The number of nitrogens with zero attached hydrogens (tertiary/aromatic N) is 1. The van der Waals surface area contributed by atoms with Gasteiger partial charge in [0.1, 0.15) is 0 Å². The van der Waals surface area contributed by atoms with Gasteiger partial charge in [-0.15, -0.1) is 0 Å². The molecule has 0 saturated carbocycles. The number of aromatic nitrogens is 2. The lowest BCUT2D eigenvalue weighted by Crippen LogP contribution is -2.15. The Labute approximate surface area is 109 Å². The molecule has 0 radical (unpaired) electrons. The highest BCUT2D eigenvalue weighted by molar-refractivity contribution is 7.92. The SMILES string of the molecule is NS(=O)(=O)c1cccc(NS(=O)(=O)c2ccn[nH]2)c1. The summed E-state index contributed by atoms with van der Waals surface area (Å²) >= 11 is 0. The predicted molar refractivity (Wildman–Crippen MR) is 67.2 cm³/mol. The van der Waals surface area contributed by atoms with Crippen LogP contribution >= 0.6 is 0 Å². The normalized spacial score (nSPS) is 12.3. The highest BCUT2D eigenvalue weighted by Gasteiger charge is 2.16. The Hall–Kier alpha value is -1.91. The topological polar surface area (TPSA) is 135 Å². The number of H-pyrrole nitrogens is 1. The van der Waals surface area contributed by atoms with E-state index in [1.807, 2.05) is 0 Å². The first-order valence-electron chi connectivity index (χ1n) is 4.94. The molecule has 0 spiro atoms. The van der Waals surface area contributed by atoms with Crippen LogP contribution in [-0.4, -0.2) is 27.0 Å². The van der Waals surface area contributed by atoms with Crippen molar-refractivity contribution in [1.82, 2.24) is 10.2 Å². The molecule has 0 atom stereocenters. The molecule has 2 rings (SSSR count). The summed E-state index contributed by atoms with van der Waals surface area (Å²) in [7, 11) is -7.73. The molecule has 102 valence electrons. The Balaban J connectivity index is 2.35. The molecule has 10 heteroatoms.